The molecule has 0 aromatic heterocycles. The summed E-state index contributed by atoms with van der Waals surface area (Å²) in [6.07, 6.45) is 1.50. The van der Waals surface area contributed by atoms with Gasteiger partial charge in [0, 0.05) is 10.8 Å². The molecule has 0 saturated carbocycles. The highest BCUT2D eigenvalue weighted by molar-refractivity contribution is 6.41. The molecule has 1 heterocycles. The Labute approximate surface area is 214 Å². The van der Waals surface area contributed by atoms with Crippen LogP contribution < -0.4 is 14.4 Å². The number of halogens is 1. The largest absolute Gasteiger partial charge is 0.492 e. The van der Waals surface area contributed by atoms with Crippen LogP contribution in [0.3, 0.4) is 0 Å². The number of hydrogen-bond acceptors (Lipinski definition) is 6. The molecule has 0 N–H and O–H groups in total. The van der Waals surface area contributed by atoms with E-state index in [1.807, 2.05) is 38.1 Å². The molecule has 0 fully saturated rings. The van der Waals surface area contributed by atoms with E-state index in [1.165, 1.54) is 0 Å². The van der Waals surface area contributed by atoms with E-state index in [2.05, 4.69) is 0 Å². The van der Waals surface area contributed by atoms with Crippen LogP contribution in [-0.4, -0.2) is 37.6 Å². The molecule has 7 nitrogen and oxygen atoms in total. The Morgan fingerprint density at radius 1 is 0.861 bits per heavy atom. The molecule has 1 aliphatic rings. The number of esters is 1. The normalized spacial score (nSPS) is 12.7. The highest BCUT2D eigenvalue weighted by Crippen LogP contribution is 2.47. The van der Waals surface area contributed by atoms with Gasteiger partial charge in [0.1, 0.15) is 11.5 Å². The summed E-state index contributed by atoms with van der Waals surface area (Å²) in [6, 6.07) is 12.2. The first-order valence-electron chi connectivity index (χ1n) is 12.1. The van der Waals surface area contributed by atoms with Crippen molar-refractivity contribution in [1.82, 2.24) is 0 Å². The van der Waals surface area contributed by atoms with Crippen LogP contribution in [0.2, 0.25) is 5.02 Å². The van der Waals surface area contributed by atoms with E-state index >= 15 is 0 Å². The first kappa shape index (κ1) is 25.5. The standard InChI is InChI=1S/C28H28ClNO6/c1-4-13-35-25-18-9-7-8-10-19(18)26(36-14-5-2)24-23(25)27(32)30(28(24)33)21-12-11-17(15-20(21)29)16-22(31)34-6-3/h7-12,15H,4-6,13-14,16H2,1-3H3. The van der Waals surface area contributed by atoms with Gasteiger partial charge in [-0.25, -0.2) is 4.90 Å². The van der Waals surface area contributed by atoms with E-state index in [1.54, 1.807) is 25.1 Å². The van der Waals surface area contributed by atoms with Gasteiger partial charge < -0.3 is 14.2 Å². The highest BCUT2D eigenvalue weighted by Gasteiger charge is 2.44. The van der Waals surface area contributed by atoms with E-state index in [-0.39, 0.29) is 40.8 Å². The van der Waals surface area contributed by atoms with Crippen LogP contribution in [0.1, 0.15) is 59.9 Å². The molecular formula is C28H28ClNO6. The first-order chi connectivity index (χ1) is 17.4. The summed E-state index contributed by atoms with van der Waals surface area (Å²) in [5.74, 6) is -0.727. The zero-order chi connectivity index (χ0) is 25.8. The summed E-state index contributed by atoms with van der Waals surface area (Å²) in [7, 11) is 0. The lowest BCUT2D eigenvalue weighted by Crippen LogP contribution is -2.30. The van der Waals surface area contributed by atoms with E-state index < -0.39 is 11.8 Å². The van der Waals surface area contributed by atoms with Gasteiger partial charge in [-0.2, -0.15) is 0 Å². The van der Waals surface area contributed by atoms with Crippen molar-refractivity contribution in [3.8, 4) is 11.5 Å². The summed E-state index contributed by atoms with van der Waals surface area (Å²) < 4.78 is 17.1. The second-order valence-corrected chi connectivity index (χ2v) is 8.77. The number of anilines is 1. The molecule has 2 amide bonds. The van der Waals surface area contributed by atoms with Crippen LogP contribution in [0.5, 0.6) is 11.5 Å². The molecule has 8 heteroatoms. The quantitative estimate of drug-likeness (QED) is 0.247. The summed E-state index contributed by atoms with van der Waals surface area (Å²) in [6.45, 7) is 6.72. The van der Waals surface area contributed by atoms with Gasteiger partial charge >= 0.3 is 5.97 Å². The molecule has 188 valence electrons. The number of ether oxygens (including phenoxy) is 3. The van der Waals surface area contributed by atoms with Crippen molar-refractivity contribution in [2.75, 3.05) is 24.7 Å². The molecule has 3 aromatic carbocycles. The average Bonchev–Trinajstić information content (AvgIpc) is 3.11. The Bertz CT molecular complexity index is 1270. The smallest absolute Gasteiger partial charge is 0.310 e. The number of carbonyl (C=O) groups excluding carboxylic acids is 3. The van der Waals surface area contributed by atoms with E-state index in [0.717, 1.165) is 17.7 Å². The monoisotopic (exact) mass is 509 g/mol. The molecule has 0 unspecified atom stereocenters. The Balaban J connectivity index is 1.85. The van der Waals surface area contributed by atoms with Crippen LogP contribution in [0.15, 0.2) is 42.5 Å². The fourth-order valence-electron chi connectivity index (χ4n) is 4.25. The number of imide groups is 1. The summed E-state index contributed by atoms with van der Waals surface area (Å²) >= 11 is 6.53. The van der Waals surface area contributed by atoms with Gasteiger partial charge in [-0.05, 0) is 37.5 Å². The minimum Gasteiger partial charge on any atom is -0.492 e. The predicted molar refractivity (Wildman–Crippen MR) is 138 cm³/mol. The van der Waals surface area contributed by atoms with Gasteiger partial charge in [-0.15, -0.1) is 0 Å². The Hall–Kier alpha value is -3.58. The van der Waals surface area contributed by atoms with Crippen LogP contribution in [0, 0.1) is 0 Å². The Morgan fingerprint density at radius 3 is 1.89 bits per heavy atom. The molecule has 0 atom stereocenters. The van der Waals surface area contributed by atoms with E-state index in [4.69, 9.17) is 25.8 Å². The fraction of sp³-hybridized carbons (Fsp3) is 0.321. The van der Waals surface area contributed by atoms with Gasteiger partial charge in [-0.1, -0.05) is 55.8 Å². The number of benzene rings is 3. The zero-order valence-electron chi connectivity index (χ0n) is 20.6. The van der Waals surface area contributed by atoms with Gasteiger partial charge in [0.25, 0.3) is 11.8 Å². The number of carbonyl (C=O) groups is 3. The molecule has 0 bridgehead atoms. The van der Waals surface area contributed by atoms with Crippen molar-refractivity contribution >= 4 is 45.8 Å². The molecule has 36 heavy (non-hydrogen) atoms. The number of fused-ring (bicyclic) bond motifs is 2. The number of nitrogens with zero attached hydrogens (tertiary/aromatic N) is 1. The predicted octanol–water partition coefficient (Wildman–Crippen LogP) is 5.98. The molecular weight excluding hydrogens is 482 g/mol. The highest BCUT2D eigenvalue weighted by atomic mass is 35.5. The molecule has 0 saturated heterocycles. The zero-order valence-corrected chi connectivity index (χ0v) is 21.3. The van der Waals surface area contributed by atoms with Crippen molar-refractivity contribution in [3.05, 3.63) is 64.2 Å². The van der Waals surface area contributed by atoms with Crippen molar-refractivity contribution in [2.24, 2.45) is 0 Å². The van der Waals surface area contributed by atoms with Gasteiger partial charge in [0.05, 0.1) is 48.1 Å². The molecule has 0 spiro atoms. The van der Waals surface area contributed by atoms with Crippen molar-refractivity contribution in [3.63, 3.8) is 0 Å². The van der Waals surface area contributed by atoms with Gasteiger partial charge in [-0.3, -0.25) is 14.4 Å². The van der Waals surface area contributed by atoms with Gasteiger partial charge in [0.2, 0.25) is 0 Å². The van der Waals surface area contributed by atoms with E-state index in [9.17, 15) is 14.4 Å². The Kier molecular flexibility index (Phi) is 7.79. The first-order valence-corrected chi connectivity index (χ1v) is 12.5. The van der Waals surface area contributed by atoms with Crippen LogP contribution >= 0.6 is 11.6 Å². The minimum absolute atomic E-state index is 0.0331. The Morgan fingerprint density at radius 2 is 1.42 bits per heavy atom. The number of hydrogen-bond donors (Lipinski definition) is 0. The lowest BCUT2D eigenvalue weighted by atomic mass is 9.99. The molecule has 0 aliphatic carbocycles. The van der Waals surface area contributed by atoms with Crippen molar-refractivity contribution < 1.29 is 28.6 Å². The van der Waals surface area contributed by atoms with Crippen molar-refractivity contribution in [2.45, 2.75) is 40.0 Å². The summed E-state index contributed by atoms with van der Waals surface area (Å²) in [4.78, 5) is 40.5. The maximum Gasteiger partial charge on any atom is 0.310 e. The third-order valence-electron chi connectivity index (χ3n) is 5.76. The number of amides is 2. The molecule has 1 aliphatic heterocycles. The van der Waals surface area contributed by atoms with E-state index in [0.29, 0.717) is 41.0 Å². The summed E-state index contributed by atoms with van der Waals surface area (Å²) in [5, 5.41) is 1.58. The minimum atomic E-state index is -0.534. The van der Waals surface area contributed by atoms with Crippen molar-refractivity contribution in [1.29, 1.82) is 0 Å². The molecule has 3 aromatic rings. The third-order valence-corrected chi connectivity index (χ3v) is 6.06. The SMILES string of the molecule is CCCOc1c2c(c(OCCC)c3ccccc13)C(=O)N(c1ccc(CC(=O)OCC)cc1Cl)C2=O. The van der Waals surface area contributed by atoms with Crippen LogP contribution in [0.4, 0.5) is 5.69 Å². The second kappa shape index (κ2) is 11.0. The fourth-order valence-corrected chi connectivity index (χ4v) is 4.53. The number of rotatable bonds is 10. The lowest BCUT2D eigenvalue weighted by molar-refractivity contribution is -0.142. The second-order valence-electron chi connectivity index (χ2n) is 8.36. The summed E-state index contributed by atoms with van der Waals surface area (Å²) in [5.41, 5.74) is 1.18. The maximum atomic E-state index is 13.8. The maximum absolute atomic E-state index is 13.8. The topological polar surface area (TPSA) is 82.1 Å². The van der Waals surface area contributed by atoms with Crippen LogP contribution in [0.25, 0.3) is 10.8 Å². The molecule has 4 rings (SSSR count). The van der Waals surface area contributed by atoms with Crippen LogP contribution in [-0.2, 0) is 16.0 Å². The third kappa shape index (κ3) is 4.63. The van der Waals surface area contributed by atoms with Gasteiger partial charge in [0.15, 0.2) is 0 Å². The lowest BCUT2D eigenvalue weighted by Gasteiger charge is -2.16. The average molecular weight is 510 g/mol. The molecule has 0 radical (unpaired) electrons.